The van der Waals surface area contributed by atoms with Crippen molar-refractivity contribution in [2.45, 2.75) is 13.8 Å². The molecule has 0 atom stereocenters. The number of nitrogens with two attached hydrogens (primary N) is 1. The van der Waals surface area contributed by atoms with Crippen molar-refractivity contribution < 1.29 is 4.74 Å². The van der Waals surface area contributed by atoms with Gasteiger partial charge in [-0.25, -0.2) is 0 Å². The molecule has 3 aromatic rings. The van der Waals surface area contributed by atoms with Crippen molar-refractivity contribution in [3.63, 3.8) is 0 Å². The van der Waals surface area contributed by atoms with Gasteiger partial charge in [0.2, 0.25) is 0 Å². The molecule has 0 unspecified atom stereocenters. The molecule has 0 aliphatic heterocycles. The Hall–Kier alpha value is -2.56. The van der Waals surface area contributed by atoms with Crippen molar-refractivity contribution in [1.82, 2.24) is 14.8 Å². The minimum atomic E-state index is 0.689. The average Bonchev–Trinajstić information content (AvgIpc) is 2.68. The minimum Gasteiger partial charge on any atom is -0.451 e. The van der Waals surface area contributed by atoms with E-state index in [0.29, 0.717) is 11.4 Å². The summed E-state index contributed by atoms with van der Waals surface area (Å²) in [7, 11) is 1.90. The van der Waals surface area contributed by atoms with E-state index >= 15 is 0 Å². The summed E-state index contributed by atoms with van der Waals surface area (Å²) in [4.78, 5) is 4.37. The molecule has 0 saturated carbocycles. The van der Waals surface area contributed by atoms with Gasteiger partial charge in [0.15, 0.2) is 11.5 Å². The van der Waals surface area contributed by atoms with Crippen LogP contribution in [0.2, 0.25) is 0 Å². The number of hydrogen-bond donors (Lipinski definition) is 1. The van der Waals surface area contributed by atoms with Gasteiger partial charge in [-0.05, 0) is 38.1 Å². The molecular weight excluding hydrogens is 252 g/mol. The largest absolute Gasteiger partial charge is 0.451 e. The Balaban J connectivity index is 2.14. The van der Waals surface area contributed by atoms with Crippen LogP contribution in [0.3, 0.4) is 0 Å². The Morgan fingerprint density at radius 3 is 2.70 bits per heavy atom. The molecule has 2 heterocycles. The molecule has 2 N–H and O–H groups in total. The van der Waals surface area contributed by atoms with Crippen LogP contribution in [0.15, 0.2) is 30.5 Å². The highest BCUT2D eigenvalue weighted by atomic mass is 16.5. The van der Waals surface area contributed by atoms with Crippen molar-refractivity contribution in [2.75, 3.05) is 5.73 Å². The molecule has 0 radical (unpaired) electrons. The van der Waals surface area contributed by atoms with Crippen LogP contribution in [0.25, 0.3) is 10.9 Å². The fourth-order valence-corrected chi connectivity index (χ4v) is 2.26. The lowest BCUT2D eigenvalue weighted by atomic mass is 10.1. The number of hydrogen-bond acceptors (Lipinski definition) is 4. The number of anilines is 1. The lowest BCUT2D eigenvalue weighted by Gasteiger charge is -2.10. The Kier molecular flexibility index (Phi) is 2.82. The summed E-state index contributed by atoms with van der Waals surface area (Å²) >= 11 is 0. The van der Waals surface area contributed by atoms with Crippen LogP contribution in [0.1, 0.15) is 11.4 Å². The quantitative estimate of drug-likeness (QED) is 0.726. The van der Waals surface area contributed by atoms with E-state index in [1.54, 1.807) is 10.9 Å². The van der Waals surface area contributed by atoms with E-state index in [9.17, 15) is 0 Å². The number of benzene rings is 1. The predicted molar refractivity (Wildman–Crippen MR) is 78.9 cm³/mol. The number of nitrogen functional groups attached to an aromatic ring is 1. The van der Waals surface area contributed by atoms with E-state index in [2.05, 4.69) is 10.1 Å². The van der Waals surface area contributed by atoms with Gasteiger partial charge in [-0.15, -0.1) is 0 Å². The highest BCUT2D eigenvalue weighted by molar-refractivity contribution is 5.94. The van der Waals surface area contributed by atoms with Crippen molar-refractivity contribution in [3.8, 4) is 11.5 Å². The summed E-state index contributed by atoms with van der Waals surface area (Å²) in [5.41, 5.74) is 9.25. The van der Waals surface area contributed by atoms with Gasteiger partial charge in [0, 0.05) is 24.3 Å². The van der Waals surface area contributed by atoms with Gasteiger partial charge in [0.25, 0.3) is 0 Å². The van der Waals surface area contributed by atoms with Crippen LogP contribution in [0.5, 0.6) is 11.5 Å². The molecule has 0 spiro atoms. The van der Waals surface area contributed by atoms with Crippen LogP contribution in [-0.2, 0) is 7.05 Å². The molecule has 1 aromatic carbocycles. The smallest absolute Gasteiger partial charge is 0.171 e. The molecule has 5 nitrogen and oxygen atoms in total. The Labute approximate surface area is 117 Å². The predicted octanol–water partition coefficient (Wildman–Crippen LogP) is 2.96. The SMILES string of the molecule is Cc1nn(C)c(C)c1Oc1ccc(N)c2cccnc12. The third-order valence-corrected chi connectivity index (χ3v) is 3.42. The summed E-state index contributed by atoms with van der Waals surface area (Å²) < 4.78 is 7.83. The first-order valence-corrected chi connectivity index (χ1v) is 6.39. The van der Waals surface area contributed by atoms with Gasteiger partial charge in [0.1, 0.15) is 11.2 Å². The second-order valence-electron chi connectivity index (χ2n) is 4.78. The van der Waals surface area contributed by atoms with E-state index in [-0.39, 0.29) is 0 Å². The number of nitrogens with zero attached hydrogens (tertiary/aromatic N) is 3. The molecule has 0 aliphatic carbocycles. The zero-order chi connectivity index (χ0) is 14.3. The van der Waals surface area contributed by atoms with Crippen LogP contribution in [0, 0.1) is 13.8 Å². The van der Waals surface area contributed by atoms with E-state index in [4.69, 9.17) is 10.5 Å². The number of rotatable bonds is 2. The second kappa shape index (κ2) is 4.52. The molecule has 20 heavy (non-hydrogen) atoms. The van der Waals surface area contributed by atoms with Gasteiger partial charge in [0.05, 0.1) is 5.69 Å². The zero-order valence-corrected chi connectivity index (χ0v) is 11.7. The molecule has 0 fully saturated rings. The number of fused-ring (bicyclic) bond motifs is 1. The Morgan fingerprint density at radius 2 is 2.00 bits per heavy atom. The monoisotopic (exact) mass is 268 g/mol. The van der Waals surface area contributed by atoms with E-state index in [1.165, 1.54) is 0 Å². The van der Waals surface area contributed by atoms with Crippen molar-refractivity contribution in [1.29, 1.82) is 0 Å². The molecule has 0 saturated heterocycles. The topological polar surface area (TPSA) is 66.0 Å². The van der Waals surface area contributed by atoms with Crippen molar-refractivity contribution >= 4 is 16.6 Å². The fraction of sp³-hybridized carbons (Fsp3) is 0.200. The van der Waals surface area contributed by atoms with Crippen molar-refractivity contribution in [3.05, 3.63) is 41.9 Å². The van der Waals surface area contributed by atoms with E-state index < -0.39 is 0 Å². The minimum absolute atomic E-state index is 0.689. The molecule has 0 amide bonds. The summed E-state index contributed by atoms with van der Waals surface area (Å²) in [6.07, 6.45) is 1.73. The highest BCUT2D eigenvalue weighted by Crippen LogP contribution is 2.34. The molecule has 102 valence electrons. The van der Waals surface area contributed by atoms with Crippen LogP contribution in [0.4, 0.5) is 5.69 Å². The van der Waals surface area contributed by atoms with E-state index in [0.717, 1.165) is 28.0 Å². The highest BCUT2D eigenvalue weighted by Gasteiger charge is 2.14. The maximum Gasteiger partial charge on any atom is 0.171 e. The maximum absolute atomic E-state index is 6.03. The number of ether oxygens (including phenoxy) is 1. The summed E-state index contributed by atoms with van der Waals surface area (Å²) in [5.74, 6) is 1.46. The molecule has 0 bridgehead atoms. The van der Waals surface area contributed by atoms with Gasteiger partial charge >= 0.3 is 0 Å². The third-order valence-electron chi connectivity index (χ3n) is 3.42. The number of pyridine rings is 1. The zero-order valence-electron chi connectivity index (χ0n) is 11.7. The van der Waals surface area contributed by atoms with Gasteiger partial charge < -0.3 is 10.5 Å². The Bertz CT molecular complexity index is 792. The second-order valence-corrected chi connectivity index (χ2v) is 4.78. The fourth-order valence-electron chi connectivity index (χ4n) is 2.26. The normalized spacial score (nSPS) is 10.9. The molecular formula is C15H16N4O. The van der Waals surface area contributed by atoms with Crippen LogP contribution in [-0.4, -0.2) is 14.8 Å². The molecule has 2 aromatic heterocycles. The van der Waals surface area contributed by atoms with Gasteiger partial charge in [-0.2, -0.15) is 5.10 Å². The number of aromatic nitrogens is 3. The third kappa shape index (κ3) is 1.87. The summed E-state index contributed by atoms with van der Waals surface area (Å²) in [6, 6.07) is 7.48. The molecule has 0 aliphatic rings. The van der Waals surface area contributed by atoms with Crippen LogP contribution < -0.4 is 10.5 Å². The molecule has 5 heteroatoms. The first-order chi connectivity index (χ1) is 9.58. The Morgan fingerprint density at radius 1 is 1.20 bits per heavy atom. The first-order valence-electron chi connectivity index (χ1n) is 6.39. The van der Waals surface area contributed by atoms with Gasteiger partial charge in [-0.3, -0.25) is 9.67 Å². The lowest BCUT2D eigenvalue weighted by molar-refractivity contribution is 0.478. The van der Waals surface area contributed by atoms with E-state index in [1.807, 2.05) is 45.2 Å². The standard InChI is InChI=1S/C15H16N4O/c1-9-15(10(2)19(3)18-9)20-13-7-6-12(16)11-5-4-8-17-14(11)13/h4-8H,16H2,1-3H3. The molecule has 3 rings (SSSR count). The number of aryl methyl sites for hydroxylation is 2. The summed E-state index contributed by atoms with van der Waals surface area (Å²) in [6.45, 7) is 3.90. The van der Waals surface area contributed by atoms with Crippen LogP contribution >= 0.6 is 0 Å². The van der Waals surface area contributed by atoms with Crippen molar-refractivity contribution in [2.24, 2.45) is 7.05 Å². The maximum atomic E-state index is 6.03. The summed E-state index contributed by atoms with van der Waals surface area (Å²) in [5, 5.41) is 5.24. The average molecular weight is 268 g/mol. The first kappa shape index (κ1) is 12.5. The van der Waals surface area contributed by atoms with Gasteiger partial charge in [-0.1, -0.05) is 0 Å². The lowest BCUT2D eigenvalue weighted by Crippen LogP contribution is -1.95.